The fourth-order valence-electron chi connectivity index (χ4n) is 4.43. The van der Waals surface area contributed by atoms with Crippen LogP contribution in [-0.2, 0) is 83.6 Å². The van der Waals surface area contributed by atoms with Crippen LogP contribution in [0.15, 0.2) is 24.3 Å². The fraction of sp³-hybridized carbons (Fsp3) is 0.469. The molecule has 2 rings (SSSR count). The van der Waals surface area contributed by atoms with E-state index in [1.165, 1.54) is 21.0 Å². The number of hydrogen-bond acceptors (Lipinski definition) is 9. The van der Waals surface area contributed by atoms with Gasteiger partial charge in [-0.15, -0.1) is 0 Å². The molecule has 0 aliphatic rings. The summed E-state index contributed by atoms with van der Waals surface area (Å²) in [6.07, 6.45) is -0.342. The van der Waals surface area contributed by atoms with Crippen LogP contribution in [0.4, 0.5) is 4.79 Å². The Morgan fingerprint density at radius 1 is 0.783 bits per heavy atom. The van der Waals surface area contributed by atoms with Crippen LogP contribution in [0.25, 0.3) is 0 Å². The number of carboxylic acid groups (broad SMARTS) is 1. The van der Waals surface area contributed by atoms with E-state index in [1.807, 2.05) is 13.8 Å². The summed E-state index contributed by atoms with van der Waals surface area (Å²) in [5.41, 5.74) is 4.27. The van der Waals surface area contributed by atoms with Gasteiger partial charge in [-0.3, -0.25) is 9.59 Å². The third-order valence-corrected chi connectivity index (χ3v) is 6.28. The Kier molecular flexibility index (Phi) is 19.6. The Bertz CT molecular complexity index is 1340. The van der Waals surface area contributed by atoms with E-state index in [1.54, 1.807) is 58.9 Å². The first kappa shape index (κ1) is 44.9. The number of carbonyl (C=O) groups is 5. The van der Waals surface area contributed by atoms with E-state index in [0.29, 0.717) is 12.2 Å². The molecule has 14 heteroatoms. The van der Waals surface area contributed by atoms with E-state index in [4.69, 9.17) is 14.2 Å². The van der Waals surface area contributed by atoms with Gasteiger partial charge in [0, 0.05) is 68.8 Å². The molecule has 2 atom stereocenters. The number of hydrogen-bond donors (Lipinski definition) is 4. The van der Waals surface area contributed by atoms with Crippen LogP contribution in [-0.4, -0.2) is 64.9 Å². The third-order valence-electron chi connectivity index (χ3n) is 6.28. The molecule has 0 spiro atoms. The van der Waals surface area contributed by atoms with Crippen molar-refractivity contribution in [2.75, 3.05) is 7.11 Å². The topological polar surface area (TPSA) is 178 Å². The fourth-order valence-corrected chi connectivity index (χ4v) is 4.43. The minimum absolute atomic E-state index is 0. The molecule has 0 saturated carbocycles. The molecular weight excluding hydrogens is 940 g/mol. The normalized spacial score (nSPS) is 11.5. The van der Waals surface area contributed by atoms with Gasteiger partial charge < -0.3 is 35.1 Å². The van der Waals surface area contributed by atoms with Crippen molar-refractivity contribution in [3.8, 4) is 11.5 Å². The van der Waals surface area contributed by atoms with Crippen molar-refractivity contribution in [1.82, 2.24) is 10.6 Å². The van der Waals surface area contributed by atoms with Crippen molar-refractivity contribution in [2.45, 2.75) is 92.8 Å². The van der Waals surface area contributed by atoms with Crippen molar-refractivity contribution >= 4 is 29.9 Å². The average Bonchev–Trinajstić information content (AvgIpc) is 2.84. The summed E-state index contributed by atoms with van der Waals surface area (Å²) >= 11 is 0. The number of methoxy groups -OCH3 is 1. The molecule has 4 N–H and O–H groups in total. The second kappa shape index (κ2) is 20.1. The number of benzene rings is 2. The summed E-state index contributed by atoms with van der Waals surface area (Å²) in [5.74, 6) is -1.75. The van der Waals surface area contributed by atoms with E-state index < -0.39 is 41.7 Å². The number of amides is 2. The summed E-state index contributed by atoms with van der Waals surface area (Å²) in [5, 5.41) is 23.8. The van der Waals surface area contributed by atoms with Crippen molar-refractivity contribution in [3.63, 3.8) is 0 Å². The molecule has 0 fully saturated rings. The van der Waals surface area contributed by atoms with Crippen LogP contribution in [0.5, 0.6) is 11.5 Å². The summed E-state index contributed by atoms with van der Waals surface area (Å²) < 4.78 is 14.9. The van der Waals surface area contributed by atoms with Gasteiger partial charge in [0.1, 0.15) is 29.2 Å². The van der Waals surface area contributed by atoms with Gasteiger partial charge in [0.25, 0.3) is 0 Å². The van der Waals surface area contributed by atoms with E-state index in [2.05, 4.69) is 10.6 Å². The Balaban J connectivity index is 0. The van der Waals surface area contributed by atoms with Gasteiger partial charge >= 0.3 is 24.0 Å². The Morgan fingerprint density at radius 3 is 1.59 bits per heavy atom. The molecule has 0 aliphatic heterocycles. The molecule has 2 aromatic rings. The summed E-state index contributed by atoms with van der Waals surface area (Å²) in [6, 6.07) is 4.73. The number of ether oxygens (including phenoxy) is 3. The molecule has 2 aromatic carbocycles. The summed E-state index contributed by atoms with van der Waals surface area (Å²) in [6.45, 7) is 15.1. The SMILES string of the molecule is COC(=O)[C@H](Cc1c(C)cc(OC(C)=O)cc1C)NC(C)=O.Cc1cc(O)cc(C)c1C[C@H](NC(=O)OC(C)(C)C)C(=O)O.[W].[W]. The number of carboxylic acids is 1. The van der Waals surface area contributed by atoms with Crippen LogP contribution < -0.4 is 15.4 Å². The molecule has 2 amide bonds. The Hall–Kier alpha value is -3.23. The molecule has 0 radical (unpaired) electrons. The van der Waals surface area contributed by atoms with Crippen molar-refractivity contribution in [1.29, 1.82) is 0 Å². The first-order valence-electron chi connectivity index (χ1n) is 13.9. The first-order chi connectivity index (χ1) is 20.2. The number of carbonyl (C=O) groups excluding carboxylic acids is 4. The number of aliphatic carboxylic acids is 1. The van der Waals surface area contributed by atoms with E-state index in [0.717, 1.165) is 33.4 Å². The summed E-state index contributed by atoms with van der Waals surface area (Å²) in [7, 11) is 1.28. The van der Waals surface area contributed by atoms with Crippen LogP contribution in [0.2, 0.25) is 0 Å². The maximum Gasteiger partial charge on any atom is 0.408 e. The minimum atomic E-state index is -1.14. The van der Waals surface area contributed by atoms with Gasteiger partial charge in [-0.2, -0.15) is 0 Å². The van der Waals surface area contributed by atoms with Gasteiger partial charge in [0.2, 0.25) is 5.91 Å². The molecule has 46 heavy (non-hydrogen) atoms. The van der Waals surface area contributed by atoms with Crippen molar-refractivity contribution in [2.24, 2.45) is 0 Å². The Morgan fingerprint density at radius 2 is 1.22 bits per heavy atom. The quantitative estimate of drug-likeness (QED) is 0.213. The van der Waals surface area contributed by atoms with Crippen molar-refractivity contribution < 1.29 is 90.5 Å². The maximum atomic E-state index is 11.8. The molecule has 0 saturated heterocycles. The number of phenolic OH excluding ortho intramolecular Hbond substituents is 1. The number of aryl methyl sites for hydroxylation is 4. The van der Waals surface area contributed by atoms with E-state index >= 15 is 0 Å². The maximum absolute atomic E-state index is 11.8. The van der Waals surface area contributed by atoms with Gasteiger partial charge in [-0.25, -0.2) is 14.4 Å². The molecular formula is C32H44N2O10W2. The zero-order valence-corrected chi connectivity index (χ0v) is 33.7. The van der Waals surface area contributed by atoms with E-state index in [9.17, 15) is 34.2 Å². The van der Waals surface area contributed by atoms with Gasteiger partial charge in [-0.05, 0) is 106 Å². The van der Waals surface area contributed by atoms with Crippen LogP contribution in [0.1, 0.15) is 68.0 Å². The first-order valence-corrected chi connectivity index (χ1v) is 13.9. The minimum Gasteiger partial charge on any atom is -0.508 e. The molecule has 0 unspecified atom stereocenters. The third kappa shape index (κ3) is 15.9. The molecule has 0 aromatic heterocycles. The van der Waals surface area contributed by atoms with Gasteiger partial charge in [0.15, 0.2) is 0 Å². The zero-order chi connectivity index (χ0) is 33.9. The van der Waals surface area contributed by atoms with Gasteiger partial charge in [0.05, 0.1) is 7.11 Å². The summed E-state index contributed by atoms with van der Waals surface area (Å²) in [4.78, 5) is 57.2. The second-order valence-corrected chi connectivity index (χ2v) is 11.4. The number of esters is 2. The largest absolute Gasteiger partial charge is 0.508 e. The number of alkyl carbamates (subject to hydrolysis) is 1. The molecule has 0 heterocycles. The molecule has 0 bridgehead atoms. The Labute approximate surface area is 298 Å². The smallest absolute Gasteiger partial charge is 0.408 e. The predicted molar refractivity (Wildman–Crippen MR) is 163 cm³/mol. The second-order valence-electron chi connectivity index (χ2n) is 11.4. The van der Waals surface area contributed by atoms with Crippen LogP contribution >= 0.6 is 0 Å². The van der Waals surface area contributed by atoms with Crippen LogP contribution in [0.3, 0.4) is 0 Å². The monoisotopic (exact) mass is 984 g/mol. The standard InChI is InChI=1S/C16H23NO5.C16H21NO5.2W/c1-9-6-11(18)7-10(2)12(9)8-13(14(19)20)17-15(21)22-16(3,4)5;1-9-6-13(22-12(4)19)7-10(2)14(9)8-15(16(20)21-5)17-11(3)18;;/h6-7,13,18H,8H2,1-5H3,(H,17,21)(H,19,20);6-7,15H,8H2,1-5H3,(H,17,18);;/t13-;15-;;/m00../s1. The molecule has 12 nitrogen and oxygen atoms in total. The molecule has 254 valence electrons. The van der Waals surface area contributed by atoms with Crippen molar-refractivity contribution in [3.05, 3.63) is 57.6 Å². The zero-order valence-electron chi connectivity index (χ0n) is 27.9. The van der Waals surface area contributed by atoms with Gasteiger partial charge in [-0.1, -0.05) is 0 Å². The number of rotatable bonds is 9. The predicted octanol–water partition coefficient (Wildman–Crippen LogP) is 3.97. The van der Waals surface area contributed by atoms with Crippen LogP contribution in [0, 0.1) is 27.7 Å². The van der Waals surface area contributed by atoms with E-state index in [-0.39, 0.29) is 60.2 Å². The average molecular weight is 984 g/mol. The number of aromatic hydroxyl groups is 1. The number of nitrogens with one attached hydrogen (secondary N) is 2. The number of phenols is 1. The molecule has 0 aliphatic carbocycles.